The summed E-state index contributed by atoms with van der Waals surface area (Å²) in [5.74, 6) is 0. The first-order valence-electron chi connectivity index (χ1n) is 2.72. The van der Waals surface area contributed by atoms with Crippen LogP contribution in [-0.2, 0) is 4.79 Å². The number of aldehydes is 1. The molecule has 11 heavy (non-hydrogen) atoms. The van der Waals surface area contributed by atoms with Crippen molar-refractivity contribution < 1.29 is 18.0 Å². The minimum Gasteiger partial charge on any atom is -0.301 e. The molecule has 0 atom stereocenters. The van der Waals surface area contributed by atoms with Crippen LogP contribution in [0.15, 0.2) is 5.10 Å². The number of hydrogen-bond acceptors (Lipinski definition) is 3. The van der Waals surface area contributed by atoms with E-state index in [0.717, 1.165) is 5.01 Å². The smallest absolute Gasteiger partial charge is 0.301 e. The molecule has 0 aromatic heterocycles. The Morgan fingerprint density at radius 2 is 2.09 bits per heavy atom. The summed E-state index contributed by atoms with van der Waals surface area (Å²) in [5.41, 5.74) is 0. The number of alkyl halides is 3. The Labute approximate surface area is 61.5 Å². The largest absolute Gasteiger partial charge is 0.428 e. The zero-order valence-corrected chi connectivity index (χ0v) is 5.80. The first-order chi connectivity index (χ1) is 4.95. The summed E-state index contributed by atoms with van der Waals surface area (Å²) in [5, 5.41) is 3.83. The van der Waals surface area contributed by atoms with Crippen LogP contribution in [0.5, 0.6) is 0 Å². The second-order valence-corrected chi connectivity index (χ2v) is 1.79. The van der Waals surface area contributed by atoms with Crippen LogP contribution in [0.2, 0.25) is 0 Å². The molecule has 0 aliphatic heterocycles. The fraction of sp³-hybridized carbons (Fsp3) is 0.600. The van der Waals surface area contributed by atoms with Gasteiger partial charge in [-0.25, -0.2) is 0 Å². The van der Waals surface area contributed by atoms with Crippen LogP contribution in [0.25, 0.3) is 0 Å². The number of halogens is 3. The Hall–Kier alpha value is -1.07. The van der Waals surface area contributed by atoms with Crippen molar-refractivity contribution in [2.75, 3.05) is 13.6 Å². The molecule has 6 heteroatoms. The van der Waals surface area contributed by atoms with Crippen LogP contribution in [0.4, 0.5) is 13.2 Å². The van der Waals surface area contributed by atoms with E-state index in [1.807, 2.05) is 0 Å². The second-order valence-electron chi connectivity index (χ2n) is 1.79. The summed E-state index contributed by atoms with van der Waals surface area (Å²) in [6.07, 6.45) is -4.12. The molecule has 0 N–H and O–H groups in total. The molecule has 0 radical (unpaired) electrons. The topological polar surface area (TPSA) is 32.7 Å². The van der Waals surface area contributed by atoms with Crippen molar-refractivity contribution >= 4 is 12.5 Å². The lowest BCUT2D eigenvalue weighted by Gasteiger charge is -2.07. The van der Waals surface area contributed by atoms with E-state index in [0.29, 0.717) is 6.29 Å². The maximum atomic E-state index is 11.4. The van der Waals surface area contributed by atoms with Gasteiger partial charge in [0.15, 0.2) is 0 Å². The molecule has 3 nitrogen and oxygen atoms in total. The third-order valence-corrected chi connectivity index (χ3v) is 0.740. The SMILES string of the molecule is CN(CC=O)/N=C/C(F)(F)F. The highest BCUT2D eigenvalue weighted by Gasteiger charge is 2.23. The van der Waals surface area contributed by atoms with Crippen molar-refractivity contribution in [3.8, 4) is 0 Å². The van der Waals surface area contributed by atoms with Crippen molar-refractivity contribution in [1.82, 2.24) is 5.01 Å². The highest BCUT2D eigenvalue weighted by molar-refractivity contribution is 5.63. The molecule has 0 aromatic rings. The Morgan fingerprint density at radius 1 is 1.55 bits per heavy atom. The van der Waals surface area contributed by atoms with Crippen LogP contribution < -0.4 is 0 Å². The first-order valence-corrected chi connectivity index (χ1v) is 2.72. The summed E-state index contributed by atoms with van der Waals surface area (Å²) < 4.78 is 34.2. The summed E-state index contributed by atoms with van der Waals surface area (Å²) >= 11 is 0. The Kier molecular flexibility index (Phi) is 3.56. The number of nitrogens with zero attached hydrogens (tertiary/aromatic N) is 2. The van der Waals surface area contributed by atoms with Crippen molar-refractivity contribution in [2.24, 2.45) is 5.10 Å². The average Bonchev–Trinajstić information content (AvgIpc) is 1.83. The quantitative estimate of drug-likeness (QED) is 0.352. The lowest BCUT2D eigenvalue weighted by atomic mass is 10.7. The molecular formula is C5H7F3N2O. The number of hydrazone groups is 1. The van der Waals surface area contributed by atoms with Gasteiger partial charge in [-0.3, -0.25) is 5.01 Å². The van der Waals surface area contributed by atoms with Gasteiger partial charge in [0.2, 0.25) is 0 Å². The molecule has 0 saturated carbocycles. The van der Waals surface area contributed by atoms with Crippen LogP contribution in [-0.4, -0.2) is 37.3 Å². The van der Waals surface area contributed by atoms with Gasteiger partial charge in [0.1, 0.15) is 12.5 Å². The molecule has 0 aliphatic rings. The third kappa shape index (κ3) is 6.82. The predicted octanol–water partition coefficient (Wildman–Crippen LogP) is 0.665. The lowest BCUT2D eigenvalue weighted by Crippen LogP contribution is -2.18. The Bertz CT molecular complexity index is 154. The van der Waals surface area contributed by atoms with Crippen molar-refractivity contribution in [3.05, 3.63) is 0 Å². The minimum atomic E-state index is -4.42. The van der Waals surface area contributed by atoms with Gasteiger partial charge in [0, 0.05) is 7.05 Å². The van der Waals surface area contributed by atoms with Gasteiger partial charge in [0.05, 0.1) is 6.54 Å². The minimum absolute atomic E-state index is 0.146. The van der Waals surface area contributed by atoms with Crippen LogP contribution >= 0.6 is 0 Å². The highest BCUT2D eigenvalue weighted by atomic mass is 19.4. The highest BCUT2D eigenvalue weighted by Crippen LogP contribution is 2.10. The average molecular weight is 168 g/mol. The van der Waals surface area contributed by atoms with Crippen LogP contribution in [0.1, 0.15) is 0 Å². The molecule has 0 amide bonds. The van der Waals surface area contributed by atoms with Gasteiger partial charge >= 0.3 is 6.18 Å². The molecule has 64 valence electrons. The number of carbonyl (C=O) groups is 1. The third-order valence-electron chi connectivity index (χ3n) is 0.740. The van der Waals surface area contributed by atoms with Gasteiger partial charge in [-0.2, -0.15) is 18.3 Å². The van der Waals surface area contributed by atoms with Crippen LogP contribution in [0.3, 0.4) is 0 Å². The van der Waals surface area contributed by atoms with Crippen LogP contribution in [0, 0.1) is 0 Å². The summed E-state index contributed by atoms with van der Waals surface area (Å²) in [6.45, 7) is -0.146. The molecule has 0 spiro atoms. The molecule has 0 fully saturated rings. The molecule has 0 saturated heterocycles. The number of hydrogen-bond donors (Lipinski definition) is 0. The first kappa shape index (κ1) is 9.93. The zero-order chi connectivity index (χ0) is 8.91. The summed E-state index contributed by atoms with van der Waals surface area (Å²) in [6, 6.07) is 0. The molecule has 0 bridgehead atoms. The fourth-order valence-electron chi connectivity index (χ4n) is 0.319. The van der Waals surface area contributed by atoms with E-state index in [9.17, 15) is 18.0 Å². The maximum Gasteiger partial charge on any atom is 0.428 e. The standard InChI is InChI=1S/C5H7F3N2O/c1-10(2-3-11)9-4-5(6,7)8/h3-4H,2H2,1H3/b9-4+. The van der Waals surface area contributed by atoms with E-state index in [1.54, 1.807) is 0 Å². The molecule has 0 unspecified atom stereocenters. The van der Waals surface area contributed by atoms with E-state index in [2.05, 4.69) is 5.10 Å². The van der Waals surface area contributed by atoms with Gasteiger partial charge in [-0.05, 0) is 0 Å². The zero-order valence-electron chi connectivity index (χ0n) is 5.80. The monoisotopic (exact) mass is 168 g/mol. The van der Waals surface area contributed by atoms with E-state index < -0.39 is 6.18 Å². The van der Waals surface area contributed by atoms with Gasteiger partial charge in [-0.1, -0.05) is 0 Å². The van der Waals surface area contributed by atoms with Gasteiger partial charge in [0.25, 0.3) is 0 Å². The number of likely N-dealkylation sites (N-methyl/N-ethyl adjacent to an activating group) is 1. The van der Waals surface area contributed by atoms with E-state index >= 15 is 0 Å². The maximum absolute atomic E-state index is 11.4. The van der Waals surface area contributed by atoms with E-state index in [-0.39, 0.29) is 12.8 Å². The molecule has 0 heterocycles. The number of carbonyl (C=O) groups excluding carboxylic acids is 1. The predicted molar refractivity (Wildman–Crippen MR) is 33.2 cm³/mol. The lowest BCUT2D eigenvalue weighted by molar-refractivity contribution is -0.108. The van der Waals surface area contributed by atoms with Crippen molar-refractivity contribution in [2.45, 2.75) is 6.18 Å². The summed E-state index contributed by atoms with van der Waals surface area (Å²) in [4.78, 5) is 9.74. The molecule has 0 aliphatic carbocycles. The van der Waals surface area contributed by atoms with Crippen molar-refractivity contribution in [1.29, 1.82) is 0 Å². The van der Waals surface area contributed by atoms with E-state index in [4.69, 9.17) is 0 Å². The normalized spacial score (nSPS) is 12.0. The Morgan fingerprint density at radius 3 is 2.45 bits per heavy atom. The Balaban J connectivity index is 3.82. The molecular weight excluding hydrogens is 161 g/mol. The summed E-state index contributed by atoms with van der Waals surface area (Å²) in [7, 11) is 1.27. The van der Waals surface area contributed by atoms with Gasteiger partial charge in [-0.15, -0.1) is 0 Å². The number of rotatable bonds is 3. The van der Waals surface area contributed by atoms with Crippen molar-refractivity contribution in [3.63, 3.8) is 0 Å². The van der Waals surface area contributed by atoms with E-state index in [1.165, 1.54) is 7.05 Å². The molecule has 0 aromatic carbocycles. The fourth-order valence-corrected chi connectivity index (χ4v) is 0.319. The van der Waals surface area contributed by atoms with Gasteiger partial charge < -0.3 is 4.79 Å². The molecule has 0 rings (SSSR count). The second kappa shape index (κ2) is 3.95.